The van der Waals surface area contributed by atoms with Gasteiger partial charge in [0.1, 0.15) is 24.0 Å². The lowest BCUT2D eigenvalue weighted by atomic mass is 9.85. The van der Waals surface area contributed by atoms with Gasteiger partial charge in [-0.3, -0.25) is 4.57 Å². The maximum atomic E-state index is 6.79. The van der Waals surface area contributed by atoms with Gasteiger partial charge in [-0.25, -0.2) is 4.98 Å². The first-order valence-electron chi connectivity index (χ1n) is 20.8. The summed E-state index contributed by atoms with van der Waals surface area (Å²) in [4.78, 5) is 9.85. The van der Waals surface area contributed by atoms with E-state index in [9.17, 15) is 0 Å². The van der Waals surface area contributed by atoms with Crippen molar-refractivity contribution in [1.29, 1.82) is 0 Å². The lowest BCUT2D eigenvalue weighted by Crippen LogP contribution is -2.26. The van der Waals surface area contributed by atoms with Crippen LogP contribution in [0.2, 0.25) is 0 Å². The first kappa shape index (κ1) is 38.2. The second-order valence-electron chi connectivity index (χ2n) is 19.0. The number of ether oxygens (including phenoxy) is 1. The van der Waals surface area contributed by atoms with Gasteiger partial charge < -0.3 is 14.5 Å². The van der Waals surface area contributed by atoms with Crippen LogP contribution in [0.3, 0.4) is 0 Å². The number of nitrogens with zero attached hydrogens (tertiary/aromatic N) is 4. The van der Waals surface area contributed by atoms with Crippen LogP contribution in [0.15, 0.2) is 152 Å². The molecule has 3 heterocycles. The monoisotopic (exact) mass is 774 g/mol. The summed E-state index contributed by atoms with van der Waals surface area (Å²) in [5.41, 5.74) is 13.1. The van der Waals surface area contributed by atoms with Crippen LogP contribution in [0.25, 0.3) is 38.8 Å². The second-order valence-corrected chi connectivity index (χ2v) is 19.0. The van der Waals surface area contributed by atoms with Gasteiger partial charge in [0.05, 0.1) is 22.4 Å². The molecule has 1 aliphatic heterocycles. The number of rotatable bonds is 6. The minimum absolute atomic E-state index is 0.00503. The fourth-order valence-corrected chi connectivity index (χ4v) is 8.67. The van der Waals surface area contributed by atoms with Crippen molar-refractivity contribution in [3.8, 4) is 28.4 Å². The molecule has 1 aliphatic rings. The summed E-state index contributed by atoms with van der Waals surface area (Å²) in [7, 11) is 0. The lowest BCUT2D eigenvalue weighted by Gasteiger charge is -2.29. The van der Waals surface area contributed by atoms with E-state index in [1.807, 2.05) is 12.3 Å². The van der Waals surface area contributed by atoms with Crippen molar-refractivity contribution < 1.29 is 4.74 Å². The Morgan fingerprint density at radius 2 is 1.14 bits per heavy atom. The molecule has 0 N–H and O–H groups in total. The van der Waals surface area contributed by atoms with E-state index >= 15 is 0 Å². The highest BCUT2D eigenvalue weighted by molar-refractivity contribution is 6.11. The van der Waals surface area contributed by atoms with Crippen LogP contribution in [0, 0.1) is 0 Å². The highest BCUT2D eigenvalue weighted by atomic mass is 16.5. The van der Waals surface area contributed by atoms with Crippen LogP contribution in [0.1, 0.15) is 79.0 Å². The van der Waals surface area contributed by atoms with E-state index in [0.29, 0.717) is 6.67 Å². The molecule has 5 nitrogen and oxygen atoms in total. The molecule has 0 fully saturated rings. The fraction of sp³-hybridized carbons (Fsp3) is 0.241. The van der Waals surface area contributed by atoms with Gasteiger partial charge in [-0.05, 0) is 98.7 Å². The van der Waals surface area contributed by atoms with Crippen molar-refractivity contribution in [3.63, 3.8) is 0 Å². The predicted octanol–water partition coefficient (Wildman–Crippen LogP) is 14.8. The van der Waals surface area contributed by atoms with E-state index in [0.717, 1.165) is 34.1 Å². The largest absolute Gasteiger partial charge is 0.457 e. The van der Waals surface area contributed by atoms with Crippen molar-refractivity contribution in [2.24, 2.45) is 0 Å². The van der Waals surface area contributed by atoms with Crippen LogP contribution >= 0.6 is 0 Å². The van der Waals surface area contributed by atoms with Crippen LogP contribution in [-0.2, 0) is 16.2 Å². The molecular weight excluding hydrogens is 721 g/mol. The number of anilines is 4. The summed E-state index contributed by atoms with van der Waals surface area (Å²) >= 11 is 0. The van der Waals surface area contributed by atoms with Gasteiger partial charge in [-0.1, -0.05) is 141 Å². The van der Waals surface area contributed by atoms with Gasteiger partial charge in [-0.2, -0.15) is 0 Å². The van der Waals surface area contributed by atoms with E-state index in [4.69, 9.17) is 9.72 Å². The molecule has 6 aromatic carbocycles. The number of benzene rings is 6. The molecule has 0 atom stereocenters. The molecule has 0 saturated heterocycles. The van der Waals surface area contributed by atoms with E-state index in [-0.39, 0.29) is 16.2 Å². The molecule has 8 aromatic rings. The molecule has 0 amide bonds. The average Bonchev–Trinajstić information content (AvgIpc) is 3.76. The predicted molar refractivity (Wildman–Crippen MR) is 249 cm³/mol. The Labute approximate surface area is 349 Å². The summed E-state index contributed by atoms with van der Waals surface area (Å²) in [6.07, 6.45) is 1.94. The summed E-state index contributed by atoms with van der Waals surface area (Å²) < 4.78 is 9.13. The van der Waals surface area contributed by atoms with Gasteiger partial charge >= 0.3 is 0 Å². The Hall–Kier alpha value is -6.33. The second kappa shape index (κ2) is 14.2. The molecule has 0 spiro atoms. The zero-order valence-corrected chi connectivity index (χ0v) is 35.8. The Balaban J connectivity index is 1.11. The number of fused-ring (bicyclic) bond motifs is 4. The van der Waals surface area contributed by atoms with Gasteiger partial charge in [0, 0.05) is 40.5 Å². The molecule has 0 radical (unpaired) electrons. The molecule has 2 aromatic heterocycles. The zero-order valence-electron chi connectivity index (χ0n) is 35.8. The molecule has 0 bridgehead atoms. The topological polar surface area (TPSA) is 33.5 Å². The third kappa shape index (κ3) is 7.03. The molecule has 59 heavy (non-hydrogen) atoms. The smallest absolute Gasteiger partial charge is 0.138 e. The fourth-order valence-electron chi connectivity index (χ4n) is 8.67. The van der Waals surface area contributed by atoms with Crippen molar-refractivity contribution in [1.82, 2.24) is 9.55 Å². The molecule has 5 heteroatoms. The van der Waals surface area contributed by atoms with Gasteiger partial charge in [-0.15, -0.1) is 0 Å². The Morgan fingerprint density at radius 1 is 0.492 bits per heavy atom. The first-order chi connectivity index (χ1) is 28.1. The molecule has 0 aliphatic carbocycles. The summed E-state index contributed by atoms with van der Waals surface area (Å²) in [5.74, 6) is 2.43. The van der Waals surface area contributed by atoms with Crippen LogP contribution < -0.4 is 14.5 Å². The lowest BCUT2D eigenvalue weighted by molar-refractivity contribution is 0.483. The number of aromatic nitrogens is 2. The Kier molecular flexibility index (Phi) is 9.19. The van der Waals surface area contributed by atoms with E-state index in [1.54, 1.807) is 0 Å². The van der Waals surface area contributed by atoms with E-state index < -0.39 is 0 Å². The zero-order chi connectivity index (χ0) is 41.3. The van der Waals surface area contributed by atoms with Gasteiger partial charge in [0.15, 0.2) is 0 Å². The SMILES string of the molecule is CC(C)(C)c1ccc(-c2ccnc(-n3c4cc(Oc5cccc(N6CN(c7ccccc7C(C)(C)C)c7ccccc76)c5)ccc4c4cccc(C(C)(C)C)c43)c2)cc1. The summed E-state index contributed by atoms with van der Waals surface area (Å²) in [5, 5.41) is 2.37. The maximum absolute atomic E-state index is 6.79. The number of pyridine rings is 1. The molecule has 0 unspecified atom stereocenters. The molecule has 9 rings (SSSR count). The van der Waals surface area contributed by atoms with Crippen LogP contribution in [0.5, 0.6) is 11.5 Å². The number of para-hydroxylation sites is 4. The average molecular weight is 775 g/mol. The molecule has 0 saturated carbocycles. The Morgan fingerprint density at radius 3 is 1.85 bits per heavy atom. The minimum atomic E-state index is -0.0929. The third-order valence-corrected chi connectivity index (χ3v) is 11.7. The van der Waals surface area contributed by atoms with Crippen LogP contribution in [-0.4, -0.2) is 16.2 Å². The first-order valence-corrected chi connectivity index (χ1v) is 20.8. The Bertz CT molecular complexity index is 2850. The normalized spacial score (nSPS) is 13.4. The van der Waals surface area contributed by atoms with Crippen molar-refractivity contribution in [2.75, 3.05) is 16.5 Å². The summed E-state index contributed by atoms with van der Waals surface area (Å²) in [6, 6.07) is 52.4. The number of hydrogen-bond donors (Lipinski definition) is 0. The van der Waals surface area contributed by atoms with Crippen molar-refractivity contribution in [2.45, 2.75) is 78.6 Å². The van der Waals surface area contributed by atoms with Crippen molar-refractivity contribution >= 4 is 44.6 Å². The van der Waals surface area contributed by atoms with E-state index in [1.165, 1.54) is 55.6 Å². The minimum Gasteiger partial charge on any atom is -0.457 e. The van der Waals surface area contributed by atoms with Crippen LogP contribution in [0.4, 0.5) is 22.7 Å². The highest BCUT2D eigenvalue weighted by Gasteiger charge is 2.31. The molecule has 296 valence electrons. The number of hydrogen-bond acceptors (Lipinski definition) is 4. The molecular formula is C54H54N4O. The quantitative estimate of drug-likeness (QED) is 0.168. The van der Waals surface area contributed by atoms with Gasteiger partial charge in [0.25, 0.3) is 0 Å². The maximum Gasteiger partial charge on any atom is 0.138 e. The van der Waals surface area contributed by atoms with E-state index in [2.05, 4.69) is 216 Å². The van der Waals surface area contributed by atoms with Crippen molar-refractivity contribution in [3.05, 3.63) is 168 Å². The van der Waals surface area contributed by atoms with Gasteiger partial charge in [0.2, 0.25) is 0 Å². The standard InChI is InChI=1S/C54H54N4O/c1-52(2,3)38-26-24-36(25-27-38)37-30-31-55-50(32-37)58-49-34-41(28-29-42(49)43-18-15-20-45(51(43)58)54(7,8)9)59-40-17-14-16-39(33-40)56-35-57(48-23-13-12-22-47(48)56)46-21-11-10-19-44(46)53(4,5)6/h10-34H,35H2,1-9H3. The highest BCUT2D eigenvalue weighted by Crippen LogP contribution is 2.47. The third-order valence-electron chi connectivity index (χ3n) is 11.7. The summed E-state index contributed by atoms with van der Waals surface area (Å²) in [6.45, 7) is 21.2.